The van der Waals surface area contributed by atoms with Crippen LogP contribution in [-0.4, -0.2) is 35.5 Å². The van der Waals surface area contributed by atoms with Crippen LogP contribution in [0.2, 0.25) is 0 Å². The van der Waals surface area contributed by atoms with Crippen LogP contribution in [0.5, 0.6) is 0 Å². The fraction of sp³-hybridized carbons (Fsp3) is 0.947. The van der Waals surface area contributed by atoms with Gasteiger partial charge in [-0.1, -0.05) is 65.2 Å². The van der Waals surface area contributed by atoms with Crippen LogP contribution < -0.4 is 5.32 Å². The zero-order chi connectivity index (χ0) is 17.8. The van der Waals surface area contributed by atoms with E-state index in [1.165, 1.54) is 44.9 Å². The highest BCUT2D eigenvalue weighted by atomic mass is 16.5. The van der Waals surface area contributed by atoms with Crippen molar-refractivity contribution < 1.29 is 14.6 Å². The van der Waals surface area contributed by atoms with Crippen LogP contribution in [0, 0.1) is 0 Å². The topological polar surface area (TPSA) is 49.3 Å². The number of unbranched alkanes of at least 4 members (excludes halogenated alkanes) is 8. The summed E-state index contributed by atoms with van der Waals surface area (Å²) in [5.74, 6) is 0.0594. The molecule has 4 nitrogen and oxygen atoms in total. The van der Waals surface area contributed by atoms with E-state index in [-0.39, 0.29) is 10.6 Å². The fourth-order valence-corrected chi connectivity index (χ4v) is 2.92. The lowest BCUT2D eigenvalue weighted by atomic mass is 10.0. The molecule has 138 valence electrons. The SMILES string of the molecule is CCCCCCCCCCCC(=O)NC(C)(CCC)[N+](C)(C)O. The number of hydrogen-bond donors (Lipinski definition) is 2. The van der Waals surface area contributed by atoms with Gasteiger partial charge in [-0.05, 0) is 12.8 Å². The van der Waals surface area contributed by atoms with Crippen LogP contribution in [0.3, 0.4) is 0 Å². The Bertz CT molecular complexity index is 313. The molecule has 0 fully saturated rings. The summed E-state index contributed by atoms with van der Waals surface area (Å²) in [6.07, 6.45) is 13.6. The summed E-state index contributed by atoms with van der Waals surface area (Å²) < 4.78 is -0.232. The highest BCUT2D eigenvalue weighted by Crippen LogP contribution is 2.21. The van der Waals surface area contributed by atoms with E-state index >= 15 is 0 Å². The van der Waals surface area contributed by atoms with Crippen molar-refractivity contribution in [3.05, 3.63) is 0 Å². The molecule has 1 atom stereocenters. The second-order valence-electron chi connectivity index (χ2n) is 7.54. The van der Waals surface area contributed by atoms with E-state index in [0.717, 1.165) is 25.7 Å². The van der Waals surface area contributed by atoms with E-state index in [0.29, 0.717) is 6.42 Å². The summed E-state index contributed by atoms with van der Waals surface area (Å²) in [5.41, 5.74) is -0.606. The van der Waals surface area contributed by atoms with Gasteiger partial charge >= 0.3 is 0 Å². The van der Waals surface area contributed by atoms with Crippen molar-refractivity contribution >= 4 is 5.91 Å². The predicted molar refractivity (Wildman–Crippen MR) is 97.2 cm³/mol. The summed E-state index contributed by atoms with van der Waals surface area (Å²) in [4.78, 5) is 12.2. The van der Waals surface area contributed by atoms with Crippen LogP contribution >= 0.6 is 0 Å². The molecule has 0 aromatic heterocycles. The smallest absolute Gasteiger partial charge is 0.224 e. The van der Waals surface area contributed by atoms with Gasteiger partial charge in [0.2, 0.25) is 11.6 Å². The number of hydrogen-bond acceptors (Lipinski definition) is 2. The van der Waals surface area contributed by atoms with Crippen LogP contribution in [0.4, 0.5) is 0 Å². The molecule has 0 spiro atoms. The first-order valence-corrected chi connectivity index (χ1v) is 9.64. The molecule has 0 heterocycles. The average molecular weight is 330 g/mol. The molecule has 23 heavy (non-hydrogen) atoms. The van der Waals surface area contributed by atoms with Gasteiger partial charge in [-0.25, -0.2) is 5.21 Å². The van der Waals surface area contributed by atoms with Gasteiger partial charge in [0.25, 0.3) is 0 Å². The largest absolute Gasteiger partial charge is 0.302 e. The van der Waals surface area contributed by atoms with Gasteiger partial charge in [-0.3, -0.25) is 4.79 Å². The van der Waals surface area contributed by atoms with Crippen molar-refractivity contribution in [1.29, 1.82) is 0 Å². The van der Waals surface area contributed by atoms with Crippen LogP contribution in [-0.2, 0) is 4.79 Å². The number of hydroxylamine groups is 3. The van der Waals surface area contributed by atoms with E-state index in [2.05, 4.69) is 19.2 Å². The van der Waals surface area contributed by atoms with Gasteiger partial charge in [0.15, 0.2) is 0 Å². The quantitative estimate of drug-likeness (QED) is 0.204. The maximum Gasteiger partial charge on any atom is 0.224 e. The Morgan fingerprint density at radius 2 is 1.39 bits per heavy atom. The first-order chi connectivity index (χ1) is 10.8. The molecule has 0 radical (unpaired) electrons. The number of nitrogens with zero attached hydrogens (tertiary/aromatic N) is 1. The Morgan fingerprint density at radius 1 is 0.913 bits per heavy atom. The second kappa shape index (κ2) is 11.9. The fourth-order valence-electron chi connectivity index (χ4n) is 2.92. The first kappa shape index (κ1) is 22.4. The number of rotatable bonds is 14. The van der Waals surface area contributed by atoms with Crippen molar-refractivity contribution in [2.45, 2.75) is 103 Å². The summed E-state index contributed by atoms with van der Waals surface area (Å²) in [6.45, 7) is 6.23. The molecule has 0 aliphatic carbocycles. The lowest BCUT2D eigenvalue weighted by molar-refractivity contribution is -1.11. The number of nitrogens with one attached hydrogen (secondary N) is 1. The standard InChI is InChI=1S/C19H40N2O2/c1-6-8-9-10-11-12-13-14-15-16-18(22)20-19(3,17-7-2)21(4,5)23/h23H,6-17H2,1-5H3/p+1. The maximum atomic E-state index is 12.2. The van der Waals surface area contributed by atoms with Gasteiger partial charge in [-0.15, -0.1) is 0 Å². The van der Waals surface area contributed by atoms with E-state index in [4.69, 9.17) is 0 Å². The molecule has 2 N–H and O–H groups in total. The van der Waals surface area contributed by atoms with E-state index in [9.17, 15) is 10.0 Å². The van der Waals surface area contributed by atoms with Crippen LogP contribution in [0.25, 0.3) is 0 Å². The molecule has 0 rings (SSSR count). The van der Waals surface area contributed by atoms with Crippen molar-refractivity contribution in [2.75, 3.05) is 14.1 Å². The van der Waals surface area contributed by atoms with E-state index in [1.54, 1.807) is 14.1 Å². The Kier molecular flexibility index (Phi) is 11.5. The van der Waals surface area contributed by atoms with Gasteiger partial charge < -0.3 is 5.32 Å². The molecule has 0 aromatic rings. The summed E-state index contributed by atoms with van der Waals surface area (Å²) in [5, 5.41) is 13.3. The summed E-state index contributed by atoms with van der Waals surface area (Å²) in [6, 6.07) is 0. The monoisotopic (exact) mass is 329 g/mol. The lowest BCUT2D eigenvalue weighted by Crippen LogP contribution is -2.65. The minimum absolute atomic E-state index is 0.0594. The Morgan fingerprint density at radius 3 is 1.83 bits per heavy atom. The third-order valence-electron chi connectivity index (χ3n) is 4.86. The predicted octanol–water partition coefficient (Wildman–Crippen LogP) is 5.01. The van der Waals surface area contributed by atoms with Crippen LogP contribution in [0.1, 0.15) is 97.8 Å². The maximum absolute atomic E-state index is 12.2. The molecule has 0 saturated heterocycles. The number of carbonyl (C=O) groups excluding carboxylic acids is 1. The van der Waals surface area contributed by atoms with Gasteiger partial charge in [0.1, 0.15) is 14.1 Å². The van der Waals surface area contributed by atoms with Crippen molar-refractivity contribution in [3.8, 4) is 0 Å². The Hall–Kier alpha value is -0.610. The average Bonchev–Trinajstić information content (AvgIpc) is 2.44. The number of amides is 1. The molecular weight excluding hydrogens is 288 g/mol. The molecular formula is C19H41N2O2+. The minimum Gasteiger partial charge on any atom is -0.302 e. The van der Waals surface area contributed by atoms with Crippen LogP contribution in [0.15, 0.2) is 0 Å². The zero-order valence-electron chi connectivity index (χ0n) is 16.3. The lowest BCUT2D eigenvalue weighted by Gasteiger charge is -2.40. The third kappa shape index (κ3) is 9.98. The van der Waals surface area contributed by atoms with Crippen molar-refractivity contribution in [2.24, 2.45) is 0 Å². The normalized spacial score (nSPS) is 14.5. The molecule has 1 unspecified atom stereocenters. The molecule has 4 heteroatoms. The minimum atomic E-state index is -0.606. The molecule has 0 saturated carbocycles. The molecule has 1 amide bonds. The summed E-state index contributed by atoms with van der Waals surface area (Å²) >= 11 is 0. The second-order valence-corrected chi connectivity index (χ2v) is 7.54. The highest BCUT2D eigenvalue weighted by molar-refractivity contribution is 5.76. The van der Waals surface area contributed by atoms with Crippen molar-refractivity contribution in [3.63, 3.8) is 0 Å². The van der Waals surface area contributed by atoms with E-state index in [1.807, 2.05) is 6.92 Å². The highest BCUT2D eigenvalue weighted by Gasteiger charge is 2.41. The van der Waals surface area contributed by atoms with Crippen molar-refractivity contribution in [1.82, 2.24) is 5.32 Å². The van der Waals surface area contributed by atoms with Gasteiger partial charge in [-0.2, -0.15) is 4.65 Å². The van der Waals surface area contributed by atoms with E-state index < -0.39 is 5.66 Å². The first-order valence-electron chi connectivity index (χ1n) is 9.64. The Balaban J connectivity index is 3.85. The summed E-state index contributed by atoms with van der Waals surface area (Å²) in [7, 11) is 3.43. The molecule has 0 aliphatic heterocycles. The third-order valence-corrected chi connectivity index (χ3v) is 4.86. The molecule has 0 aliphatic rings. The molecule has 0 bridgehead atoms. The molecule has 0 aromatic carbocycles. The Labute approximate surface area is 144 Å². The number of carbonyl (C=O) groups is 1. The zero-order valence-corrected chi connectivity index (χ0v) is 16.3. The van der Waals surface area contributed by atoms with Gasteiger partial charge in [0, 0.05) is 19.8 Å². The number of quaternary nitrogens is 1. The van der Waals surface area contributed by atoms with Gasteiger partial charge in [0.05, 0.1) is 0 Å².